The molecule has 1 fully saturated rings. The van der Waals surface area contributed by atoms with E-state index in [1.165, 1.54) is 24.1 Å². The number of aryl methyl sites for hydroxylation is 1. The Kier molecular flexibility index (Phi) is 4.54. The van der Waals surface area contributed by atoms with Gasteiger partial charge in [0.05, 0.1) is 0 Å². The van der Waals surface area contributed by atoms with Gasteiger partial charge in [0.25, 0.3) is 0 Å². The molecule has 1 aromatic heterocycles. The lowest BCUT2D eigenvalue weighted by atomic mass is 10.1. The van der Waals surface area contributed by atoms with Crippen LogP contribution in [0.5, 0.6) is 0 Å². The number of amides is 1. The zero-order chi connectivity index (χ0) is 19.8. The second kappa shape index (κ2) is 7.35. The summed E-state index contributed by atoms with van der Waals surface area (Å²) in [4.78, 5) is 21.6. The summed E-state index contributed by atoms with van der Waals surface area (Å²) in [6.45, 7) is 4.97. The van der Waals surface area contributed by atoms with Crippen LogP contribution in [0.1, 0.15) is 29.9 Å². The van der Waals surface area contributed by atoms with E-state index in [9.17, 15) is 4.79 Å². The first-order valence-electron chi connectivity index (χ1n) is 10.3. The lowest BCUT2D eigenvalue weighted by Gasteiger charge is -2.20. The summed E-state index contributed by atoms with van der Waals surface area (Å²) < 4.78 is 5.36. The van der Waals surface area contributed by atoms with Gasteiger partial charge in [0, 0.05) is 36.6 Å². The highest BCUT2D eigenvalue weighted by Gasteiger charge is 2.27. The summed E-state index contributed by atoms with van der Waals surface area (Å²) in [6, 6.07) is 14.4. The van der Waals surface area contributed by atoms with Gasteiger partial charge in [-0.3, -0.25) is 4.79 Å². The van der Waals surface area contributed by atoms with E-state index >= 15 is 0 Å². The average Bonchev–Trinajstić information content (AvgIpc) is 3.48. The first-order valence-corrected chi connectivity index (χ1v) is 10.3. The summed E-state index contributed by atoms with van der Waals surface area (Å²) in [7, 11) is 0. The number of aromatic nitrogens is 2. The number of anilines is 2. The van der Waals surface area contributed by atoms with Crippen LogP contribution >= 0.6 is 0 Å². The smallest absolute Gasteiger partial charge is 0.236 e. The molecule has 6 heteroatoms. The first-order chi connectivity index (χ1) is 14.2. The number of benzene rings is 2. The molecule has 2 aliphatic rings. The number of hydrogen-bond acceptors (Lipinski definition) is 5. The van der Waals surface area contributed by atoms with Crippen LogP contribution in [0.4, 0.5) is 11.4 Å². The van der Waals surface area contributed by atoms with Gasteiger partial charge < -0.3 is 14.3 Å². The summed E-state index contributed by atoms with van der Waals surface area (Å²) in [5.74, 6) is 0.885. The van der Waals surface area contributed by atoms with Crippen molar-refractivity contribution in [2.24, 2.45) is 0 Å². The fourth-order valence-electron chi connectivity index (χ4n) is 4.30. The van der Waals surface area contributed by atoms with Crippen molar-refractivity contribution >= 4 is 17.3 Å². The molecular formula is C23H24N4O2. The Balaban J connectivity index is 1.31. The highest BCUT2D eigenvalue weighted by Crippen LogP contribution is 2.33. The van der Waals surface area contributed by atoms with Crippen LogP contribution in [0, 0.1) is 6.92 Å². The molecule has 6 nitrogen and oxygen atoms in total. The predicted molar refractivity (Wildman–Crippen MR) is 112 cm³/mol. The van der Waals surface area contributed by atoms with E-state index in [0.29, 0.717) is 18.3 Å². The number of nitrogens with zero attached hydrogens (tertiary/aromatic N) is 4. The molecule has 0 aliphatic carbocycles. The zero-order valence-electron chi connectivity index (χ0n) is 16.6. The van der Waals surface area contributed by atoms with Crippen LogP contribution in [-0.2, 0) is 17.6 Å². The Hall–Kier alpha value is -3.15. The molecule has 3 heterocycles. The molecule has 29 heavy (non-hydrogen) atoms. The molecule has 1 amide bonds. The normalized spacial score (nSPS) is 15.8. The van der Waals surface area contributed by atoms with Gasteiger partial charge in [-0.15, -0.1) is 0 Å². The molecule has 5 rings (SSSR count). The molecule has 0 N–H and O–H groups in total. The van der Waals surface area contributed by atoms with Gasteiger partial charge >= 0.3 is 0 Å². The monoisotopic (exact) mass is 388 g/mol. The standard InChI is InChI=1S/C23H24N4O2/c1-16-6-2-3-7-19(16)23-24-21(29-25-23)15-22(28)27-13-10-17-14-18(8-9-20(17)27)26-11-4-5-12-26/h2-3,6-9,14H,4-5,10-13,15H2,1H3. The average molecular weight is 388 g/mol. The van der Waals surface area contributed by atoms with Crippen LogP contribution in [0.3, 0.4) is 0 Å². The molecule has 0 atom stereocenters. The quantitative estimate of drug-likeness (QED) is 0.681. The summed E-state index contributed by atoms with van der Waals surface area (Å²) in [6.07, 6.45) is 3.53. The maximum Gasteiger partial charge on any atom is 0.236 e. The van der Waals surface area contributed by atoms with Gasteiger partial charge in [0.15, 0.2) is 0 Å². The van der Waals surface area contributed by atoms with Crippen molar-refractivity contribution in [1.82, 2.24) is 10.1 Å². The minimum absolute atomic E-state index is 0.00217. The molecular weight excluding hydrogens is 364 g/mol. The van der Waals surface area contributed by atoms with Crippen molar-refractivity contribution in [3.8, 4) is 11.4 Å². The highest BCUT2D eigenvalue weighted by atomic mass is 16.5. The fourth-order valence-corrected chi connectivity index (χ4v) is 4.30. The van der Waals surface area contributed by atoms with Gasteiger partial charge in [0.1, 0.15) is 6.42 Å². The van der Waals surface area contributed by atoms with Crippen molar-refractivity contribution in [2.75, 3.05) is 29.4 Å². The molecule has 0 bridgehead atoms. The molecule has 0 radical (unpaired) electrons. The van der Waals surface area contributed by atoms with Gasteiger partial charge in [-0.05, 0) is 55.5 Å². The fraction of sp³-hybridized carbons (Fsp3) is 0.348. The first kappa shape index (κ1) is 17.9. The molecule has 0 spiro atoms. The van der Waals surface area contributed by atoms with Crippen LogP contribution in [-0.4, -0.2) is 35.7 Å². The second-order valence-electron chi connectivity index (χ2n) is 7.81. The molecule has 148 valence electrons. The summed E-state index contributed by atoms with van der Waals surface area (Å²) in [5, 5.41) is 4.06. The van der Waals surface area contributed by atoms with E-state index in [2.05, 4.69) is 33.2 Å². The van der Waals surface area contributed by atoms with Gasteiger partial charge in [-0.25, -0.2) is 0 Å². The lowest BCUT2D eigenvalue weighted by Crippen LogP contribution is -2.30. The third-order valence-corrected chi connectivity index (χ3v) is 5.89. The van der Waals surface area contributed by atoms with Crippen molar-refractivity contribution in [3.63, 3.8) is 0 Å². The van der Waals surface area contributed by atoms with Crippen molar-refractivity contribution in [1.29, 1.82) is 0 Å². The van der Waals surface area contributed by atoms with E-state index in [1.807, 2.05) is 36.1 Å². The third-order valence-electron chi connectivity index (χ3n) is 5.89. The van der Waals surface area contributed by atoms with E-state index in [4.69, 9.17) is 4.52 Å². The number of carbonyl (C=O) groups excluding carboxylic acids is 1. The summed E-state index contributed by atoms with van der Waals surface area (Å²) >= 11 is 0. The molecule has 0 unspecified atom stereocenters. The predicted octanol–water partition coefficient (Wildman–Crippen LogP) is 3.78. The second-order valence-corrected chi connectivity index (χ2v) is 7.81. The third kappa shape index (κ3) is 3.39. The maximum absolute atomic E-state index is 12.9. The van der Waals surface area contributed by atoms with E-state index in [0.717, 1.165) is 36.3 Å². The topological polar surface area (TPSA) is 62.5 Å². The number of carbonyl (C=O) groups is 1. The number of rotatable bonds is 4. The van der Waals surface area contributed by atoms with E-state index in [1.54, 1.807) is 0 Å². The summed E-state index contributed by atoms with van der Waals surface area (Å²) in [5.41, 5.74) is 5.53. The molecule has 3 aromatic rings. The van der Waals surface area contributed by atoms with Crippen molar-refractivity contribution in [3.05, 3.63) is 59.5 Å². The van der Waals surface area contributed by atoms with Gasteiger partial charge in [0.2, 0.25) is 17.6 Å². The molecule has 1 saturated heterocycles. The molecule has 2 aliphatic heterocycles. The zero-order valence-corrected chi connectivity index (χ0v) is 16.6. The van der Waals surface area contributed by atoms with Crippen LogP contribution in [0.2, 0.25) is 0 Å². The molecule has 0 saturated carbocycles. The number of fused-ring (bicyclic) bond motifs is 1. The van der Waals surface area contributed by atoms with E-state index in [-0.39, 0.29) is 12.3 Å². The Morgan fingerprint density at radius 1 is 1.10 bits per heavy atom. The van der Waals surface area contributed by atoms with Crippen LogP contribution < -0.4 is 9.80 Å². The van der Waals surface area contributed by atoms with Gasteiger partial charge in [-0.1, -0.05) is 29.4 Å². The largest absolute Gasteiger partial charge is 0.372 e. The lowest BCUT2D eigenvalue weighted by molar-refractivity contribution is -0.118. The van der Waals surface area contributed by atoms with Gasteiger partial charge in [-0.2, -0.15) is 4.98 Å². The Morgan fingerprint density at radius 3 is 2.76 bits per heavy atom. The van der Waals surface area contributed by atoms with Crippen molar-refractivity contribution in [2.45, 2.75) is 32.6 Å². The van der Waals surface area contributed by atoms with Crippen LogP contribution in [0.25, 0.3) is 11.4 Å². The maximum atomic E-state index is 12.9. The minimum atomic E-state index is -0.00217. The van der Waals surface area contributed by atoms with Crippen molar-refractivity contribution < 1.29 is 9.32 Å². The number of hydrogen-bond donors (Lipinski definition) is 0. The highest BCUT2D eigenvalue weighted by molar-refractivity contribution is 5.96. The minimum Gasteiger partial charge on any atom is -0.372 e. The van der Waals surface area contributed by atoms with Crippen LogP contribution in [0.15, 0.2) is 47.0 Å². The Labute approximate surface area is 170 Å². The Bertz CT molecular complexity index is 1050. The SMILES string of the molecule is Cc1ccccc1-c1noc(CC(=O)N2CCc3cc(N4CCCC4)ccc32)n1. The molecule has 2 aromatic carbocycles. The van der Waals surface area contributed by atoms with E-state index < -0.39 is 0 Å². The Morgan fingerprint density at radius 2 is 1.93 bits per heavy atom.